The quantitative estimate of drug-likeness (QED) is 0.152. The van der Waals surface area contributed by atoms with E-state index in [-0.39, 0.29) is 42.4 Å². The number of hydrogen-bond donors (Lipinski definition) is 4. The maximum atomic E-state index is 13.1. The van der Waals surface area contributed by atoms with E-state index in [9.17, 15) is 28.5 Å². The molecule has 0 fully saturated rings. The second kappa shape index (κ2) is 15.9. The summed E-state index contributed by atoms with van der Waals surface area (Å²) in [6.45, 7) is 3.90. The van der Waals surface area contributed by atoms with Crippen molar-refractivity contribution in [3.8, 4) is 0 Å². The molecule has 0 bridgehead atoms. The van der Waals surface area contributed by atoms with Gasteiger partial charge in [-0.15, -0.1) is 0 Å². The zero-order valence-electron chi connectivity index (χ0n) is 21.9. The molecule has 0 aliphatic heterocycles. The third kappa shape index (κ3) is 10.4. The van der Waals surface area contributed by atoms with Crippen LogP contribution in [0.25, 0.3) is 0 Å². The monoisotopic (exact) mass is 568 g/mol. The van der Waals surface area contributed by atoms with E-state index in [0.29, 0.717) is 30.3 Å². The van der Waals surface area contributed by atoms with Gasteiger partial charge in [-0.3, -0.25) is 18.7 Å². The maximum Gasteiger partial charge on any atom is 0.363 e. The first-order chi connectivity index (χ1) is 18.1. The van der Waals surface area contributed by atoms with Crippen molar-refractivity contribution in [2.75, 3.05) is 23.8 Å². The number of carbonyl (C=O) groups excluding carboxylic acids is 2. The number of benzene rings is 2. The summed E-state index contributed by atoms with van der Waals surface area (Å²) < 4.78 is 35.5. The highest BCUT2D eigenvalue weighted by Crippen LogP contribution is 2.48. The third-order valence-corrected chi connectivity index (χ3v) is 8.81. The summed E-state index contributed by atoms with van der Waals surface area (Å²) in [6, 6.07) is 12.7. The summed E-state index contributed by atoms with van der Waals surface area (Å²) in [6.07, 6.45) is 5.43. The Morgan fingerprint density at radius 2 is 1.08 bits per heavy atom. The van der Waals surface area contributed by atoms with Gasteiger partial charge in [-0.05, 0) is 51.0 Å². The minimum Gasteiger partial charge on any atom is -0.325 e. The van der Waals surface area contributed by atoms with Crippen LogP contribution < -0.4 is 21.2 Å². The number of rotatable bonds is 17. The van der Waals surface area contributed by atoms with Crippen LogP contribution >= 0.6 is 15.2 Å². The molecule has 2 amide bonds. The Labute approximate surface area is 224 Å². The van der Waals surface area contributed by atoms with Crippen LogP contribution in [0.3, 0.4) is 0 Å². The lowest BCUT2D eigenvalue weighted by molar-refractivity contribution is -0.117. The second-order valence-corrected chi connectivity index (χ2v) is 12.2. The summed E-state index contributed by atoms with van der Waals surface area (Å²) in [5, 5.41) is 5.55. The molecule has 2 rings (SSSR count). The molecule has 0 aliphatic carbocycles. The number of hydrogen-bond acceptors (Lipinski definition) is 6. The lowest BCUT2D eigenvalue weighted by Crippen LogP contribution is -2.20. The zero-order valence-corrected chi connectivity index (χ0v) is 23.7. The minimum absolute atomic E-state index is 0.130. The molecule has 0 saturated carbocycles. The van der Waals surface area contributed by atoms with Crippen LogP contribution in [0.1, 0.15) is 65.2 Å². The molecule has 2 aromatic carbocycles. The molecule has 0 aromatic heterocycles. The topological polar surface area (TPSA) is 151 Å². The SMILES string of the molecule is CCOP(=O)(OCC)c1ccccc1NC(=O)CCCCCCCCC(=O)Nc1ccccc1P(=O)(O)O. The van der Waals surface area contributed by atoms with Gasteiger partial charge in [0.25, 0.3) is 0 Å². The summed E-state index contributed by atoms with van der Waals surface area (Å²) in [5.74, 6) is -0.467. The van der Waals surface area contributed by atoms with Gasteiger partial charge in [0.15, 0.2) is 0 Å². The van der Waals surface area contributed by atoms with Crippen molar-refractivity contribution >= 4 is 49.0 Å². The second-order valence-electron chi connectivity index (χ2n) is 8.63. The van der Waals surface area contributed by atoms with E-state index >= 15 is 0 Å². The molecule has 0 aliphatic rings. The standard InChI is InChI=1S/C26H38N2O8P2/c1-3-35-38(34,36-4-2)24-18-14-12-16-22(24)28-26(30)20-10-8-6-5-7-9-19-25(29)27-21-15-11-13-17-23(21)37(31,32)33/h11-18H,3-10,19-20H2,1-2H3,(H,27,29)(H,28,30)(H2,31,32,33). The molecule has 0 atom stereocenters. The predicted octanol–water partition coefficient (Wildman–Crippen LogP) is 5.08. The average Bonchev–Trinajstić information content (AvgIpc) is 2.86. The summed E-state index contributed by atoms with van der Waals surface area (Å²) in [4.78, 5) is 43.5. The van der Waals surface area contributed by atoms with Crippen molar-refractivity contribution in [1.29, 1.82) is 0 Å². The fourth-order valence-electron chi connectivity index (χ4n) is 3.87. The maximum absolute atomic E-state index is 13.1. The summed E-state index contributed by atoms with van der Waals surface area (Å²) in [7, 11) is -8.00. The predicted molar refractivity (Wildman–Crippen MR) is 149 cm³/mol. The molecule has 0 unspecified atom stereocenters. The van der Waals surface area contributed by atoms with E-state index in [2.05, 4.69) is 10.6 Å². The Morgan fingerprint density at radius 1 is 0.684 bits per heavy atom. The van der Waals surface area contributed by atoms with Gasteiger partial charge in [-0.2, -0.15) is 0 Å². The van der Waals surface area contributed by atoms with Gasteiger partial charge in [0.05, 0.1) is 35.2 Å². The summed E-state index contributed by atoms with van der Waals surface area (Å²) >= 11 is 0. The normalized spacial score (nSPS) is 11.8. The summed E-state index contributed by atoms with van der Waals surface area (Å²) in [5.41, 5.74) is 0.551. The first-order valence-corrected chi connectivity index (χ1v) is 16.0. The van der Waals surface area contributed by atoms with Crippen LogP contribution in [0, 0.1) is 0 Å². The first kappa shape index (κ1) is 31.9. The third-order valence-electron chi connectivity index (χ3n) is 5.62. The Hall–Kier alpha value is -2.32. The van der Waals surface area contributed by atoms with Crippen molar-refractivity contribution in [2.24, 2.45) is 0 Å². The molecular weight excluding hydrogens is 530 g/mol. The number of amides is 2. The molecule has 0 radical (unpaired) electrons. The van der Waals surface area contributed by atoms with Gasteiger partial charge in [-0.1, -0.05) is 49.9 Å². The van der Waals surface area contributed by atoms with Crippen LogP contribution in [-0.4, -0.2) is 34.8 Å². The Morgan fingerprint density at radius 3 is 1.53 bits per heavy atom. The van der Waals surface area contributed by atoms with Gasteiger partial charge < -0.3 is 29.5 Å². The van der Waals surface area contributed by atoms with E-state index in [4.69, 9.17) is 9.05 Å². The molecule has 38 heavy (non-hydrogen) atoms. The average molecular weight is 569 g/mol. The van der Waals surface area contributed by atoms with Gasteiger partial charge in [-0.25, -0.2) is 0 Å². The molecule has 10 nitrogen and oxygen atoms in total. The van der Waals surface area contributed by atoms with Crippen molar-refractivity contribution in [1.82, 2.24) is 0 Å². The Bertz CT molecular complexity index is 1140. The minimum atomic E-state index is -4.47. The van der Waals surface area contributed by atoms with E-state index in [1.807, 2.05) is 0 Å². The van der Waals surface area contributed by atoms with E-state index < -0.39 is 15.2 Å². The smallest absolute Gasteiger partial charge is 0.325 e. The highest BCUT2D eigenvalue weighted by molar-refractivity contribution is 7.62. The fourth-order valence-corrected chi connectivity index (χ4v) is 6.32. The van der Waals surface area contributed by atoms with Gasteiger partial charge in [0, 0.05) is 12.8 Å². The zero-order chi connectivity index (χ0) is 28.0. The van der Waals surface area contributed by atoms with Gasteiger partial charge in [0.1, 0.15) is 0 Å². The number of para-hydroxylation sites is 2. The van der Waals surface area contributed by atoms with Crippen molar-refractivity contribution in [3.05, 3.63) is 48.5 Å². The van der Waals surface area contributed by atoms with E-state index in [1.165, 1.54) is 18.2 Å². The van der Waals surface area contributed by atoms with Crippen molar-refractivity contribution < 1.29 is 37.6 Å². The lowest BCUT2D eigenvalue weighted by Gasteiger charge is -2.20. The molecule has 0 spiro atoms. The molecule has 0 saturated heterocycles. The number of carbonyl (C=O) groups is 2. The molecule has 12 heteroatoms. The van der Waals surface area contributed by atoms with Crippen LogP contribution in [0.2, 0.25) is 0 Å². The van der Waals surface area contributed by atoms with Crippen LogP contribution in [0.5, 0.6) is 0 Å². The number of nitrogens with one attached hydrogen (secondary N) is 2. The number of unbranched alkanes of at least 4 members (excludes halogenated alkanes) is 5. The Kier molecular flexibility index (Phi) is 13.4. The van der Waals surface area contributed by atoms with Gasteiger partial charge in [0.2, 0.25) is 11.8 Å². The molecule has 0 heterocycles. The van der Waals surface area contributed by atoms with E-state index in [0.717, 1.165) is 25.7 Å². The van der Waals surface area contributed by atoms with Crippen LogP contribution in [-0.2, 0) is 27.8 Å². The molecule has 2 aromatic rings. The van der Waals surface area contributed by atoms with Gasteiger partial charge >= 0.3 is 15.2 Å². The lowest BCUT2D eigenvalue weighted by atomic mass is 10.1. The van der Waals surface area contributed by atoms with E-state index in [1.54, 1.807) is 44.2 Å². The largest absolute Gasteiger partial charge is 0.363 e. The molecular formula is C26H38N2O8P2. The van der Waals surface area contributed by atoms with Crippen LogP contribution in [0.4, 0.5) is 11.4 Å². The molecule has 4 N–H and O–H groups in total. The number of anilines is 2. The highest BCUT2D eigenvalue weighted by atomic mass is 31.2. The van der Waals surface area contributed by atoms with Crippen LogP contribution in [0.15, 0.2) is 48.5 Å². The molecule has 210 valence electrons. The van der Waals surface area contributed by atoms with Crippen molar-refractivity contribution in [2.45, 2.75) is 65.2 Å². The van der Waals surface area contributed by atoms with Crippen molar-refractivity contribution in [3.63, 3.8) is 0 Å². The fraction of sp³-hybridized carbons (Fsp3) is 0.462. The highest BCUT2D eigenvalue weighted by Gasteiger charge is 2.30. The Balaban J connectivity index is 1.68. The first-order valence-electron chi connectivity index (χ1n) is 12.8.